The molecule has 0 amide bonds. The average Bonchev–Trinajstić information content (AvgIpc) is 2.55. The van der Waals surface area contributed by atoms with Gasteiger partial charge >= 0.3 is 0 Å². The lowest BCUT2D eigenvalue weighted by molar-refractivity contribution is 0.667. The van der Waals surface area contributed by atoms with Gasteiger partial charge in [-0.2, -0.15) is 0 Å². The molecule has 2 aromatic heterocycles. The van der Waals surface area contributed by atoms with Crippen molar-refractivity contribution in [2.75, 3.05) is 0 Å². The van der Waals surface area contributed by atoms with E-state index < -0.39 is 0 Å². The Morgan fingerprint density at radius 3 is 2.27 bits per heavy atom. The lowest BCUT2D eigenvalue weighted by Gasteiger charge is -2.01. The molecule has 0 radical (unpaired) electrons. The zero-order valence-corrected chi connectivity index (χ0v) is 6.44. The van der Waals surface area contributed by atoms with Gasteiger partial charge in [-0.15, -0.1) is 0 Å². The van der Waals surface area contributed by atoms with Crippen molar-refractivity contribution in [1.82, 2.24) is 9.35 Å². The Bertz CT molecular complexity index is 330. The zero-order valence-electron chi connectivity index (χ0n) is 6.44. The number of hydrogen-bond donors (Lipinski definition) is 0. The van der Waals surface area contributed by atoms with Crippen LogP contribution in [0.3, 0.4) is 0 Å². The number of aryl methyl sites for hydroxylation is 1. The Morgan fingerprint density at radius 2 is 1.73 bits per heavy atom. The van der Waals surface area contributed by atoms with Gasteiger partial charge in [-0.3, -0.25) is 9.35 Å². The van der Waals surface area contributed by atoms with E-state index in [1.807, 2.05) is 40.1 Å². The van der Waals surface area contributed by atoms with Gasteiger partial charge in [0.25, 0.3) is 0 Å². The minimum absolute atomic E-state index is 1.28. The van der Waals surface area contributed by atoms with E-state index in [1.54, 1.807) is 0 Å². The number of aromatic nitrogens is 2. The predicted octanol–water partition coefficient (Wildman–Crippen LogP) is 1.91. The molecule has 0 spiro atoms. The number of rotatable bonds is 1. The van der Waals surface area contributed by atoms with Crippen molar-refractivity contribution in [3.63, 3.8) is 0 Å². The van der Waals surface area contributed by atoms with Crippen molar-refractivity contribution >= 4 is 0 Å². The van der Waals surface area contributed by atoms with Gasteiger partial charge in [0.15, 0.2) is 0 Å². The van der Waals surface area contributed by atoms with E-state index in [1.165, 1.54) is 5.56 Å². The molecule has 0 fully saturated rings. The summed E-state index contributed by atoms with van der Waals surface area (Å²) in [5.41, 5.74) is 1.28. The summed E-state index contributed by atoms with van der Waals surface area (Å²) in [5, 5.41) is 0. The van der Waals surface area contributed by atoms with Crippen LogP contribution in [0.25, 0.3) is 0 Å². The molecule has 0 saturated carbocycles. The van der Waals surface area contributed by atoms with Crippen molar-refractivity contribution < 1.29 is 0 Å². The summed E-state index contributed by atoms with van der Waals surface area (Å²) in [7, 11) is 0. The molecule has 0 aliphatic rings. The molecule has 0 aliphatic carbocycles. The second kappa shape index (κ2) is 2.31. The van der Waals surface area contributed by atoms with Gasteiger partial charge in [-0.05, 0) is 30.7 Å². The Morgan fingerprint density at radius 1 is 1.00 bits per heavy atom. The largest absolute Gasteiger partial charge is 0.265 e. The van der Waals surface area contributed by atoms with Crippen LogP contribution in [0.2, 0.25) is 0 Å². The van der Waals surface area contributed by atoms with Crippen LogP contribution in [-0.2, 0) is 0 Å². The SMILES string of the molecule is Cc1ccn(-n2cccc2)c1. The molecule has 2 nitrogen and oxygen atoms in total. The van der Waals surface area contributed by atoms with Gasteiger partial charge in [0.2, 0.25) is 0 Å². The summed E-state index contributed by atoms with van der Waals surface area (Å²) in [6, 6.07) is 6.10. The molecule has 2 heteroatoms. The molecule has 0 saturated heterocycles. The molecule has 0 aromatic carbocycles. The Kier molecular flexibility index (Phi) is 1.32. The summed E-state index contributed by atoms with van der Waals surface area (Å²) < 4.78 is 4.06. The maximum atomic E-state index is 2.08. The fourth-order valence-electron chi connectivity index (χ4n) is 1.11. The third-order valence-electron chi connectivity index (χ3n) is 1.68. The van der Waals surface area contributed by atoms with Crippen LogP contribution in [-0.4, -0.2) is 9.35 Å². The van der Waals surface area contributed by atoms with E-state index in [0.29, 0.717) is 0 Å². The highest BCUT2D eigenvalue weighted by molar-refractivity contribution is 5.08. The third kappa shape index (κ3) is 1.07. The molecular formula is C9H10N2. The molecule has 0 unspecified atom stereocenters. The molecule has 0 N–H and O–H groups in total. The highest BCUT2D eigenvalue weighted by Crippen LogP contribution is 1.99. The van der Waals surface area contributed by atoms with Crippen molar-refractivity contribution in [2.45, 2.75) is 6.92 Å². The average molecular weight is 146 g/mol. The summed E-state index contributed by atoms with van der Waals surface area (Å²) >= 11 is 0. The lowest BCUT2D eigenvalue weighted by Crippen LogP contribution is -2.01. The maximum Gasteiger partial charge on any atom is 0.0297 e. The van der Waals surface area contributed by atoms with E-state index in [2.05, 4.69) is 19.2 Å². The van der Waals surface area contributed by atoms with Gasteiger partial charge in [-0.1, -0.05) is 0 Å². The van der Waals surface area contributed by atoms with Gasteiger partial charge in [0.1, 0.15) is 0 Å². The summed E-state index contributed by atoms with van der Waals surface area (Å²) in [5.74, 6) is 0. The smallest absolute Gasteiger partial charge is 0.0297 e. The van der Waals surface area contributed by atoms with E-state index in [4.69, 9.17) is 0 Å². The fourth-order valence-corrected chi connectivity index (χ4v) is 1.11. The van der Waals surface area contributed by atoms with E-state index in [0.717, 1.165) is 0 Å². The van der Waals surface area contributed by atoms with E-state index >= 15 is 0 Å². The van der Waals surface area contributed by atoms with Crippen molar-refractivity contribution in [3.05, 3.63) is 48.5 Å². The maximum absolute atomic E-state index is 2.08. The quantitative estimate of drug-likeness (QED) is 0.581. The zero-order chi connectivity index (χ0) is 7.68. The van der Waals surface area contributed by atoms with Crippen LogP contribution in [0.4, 0.5) is 0 Å². The second-order valence-electron chi connectivity index (χ2n) is 2.63. The Balaban J connectivity index is 2.45. The van der Waals surface area contributed by atoms with Crippen molar-refractivity contribution in [3.8, 4) is 0 Å². The van der Waals surface area contributed by atoms with Gasteiger partial charge in [0, 0.05) is 24.8 Å². The molecule has 56 valence electrons. The van der Waals surface area contributed by atoms with Crippen LogP contribution in [0.5, 0.6) is 0 Å². The predicted molar refractivity (Wildman–Crippen MR) is 44.4 cm³/mol. The van der Waals surface area contributed by atoms with Gasteiger partial charge in [-0.25, -0.2) is 0 Å². The minimum Gasteiger partial charge on any atom is -0.265 e. The van der Waals surface area contributed by atoms with Crippen LogP contribution in [0.1, 0.15) is 5.56 Å². The molecule has 2 heterocycles. The lowest BCUT2D eigenvalue weighted by atomic mass is 10.4. The topological polar surface area (TPSA) is 9.86 Å². The monoisotopic (exact) mass is 146 g/mol. The normalized spacial score (nSPS) is 10.3. The summed E-state index contributed by atoms with van der Waals surface area (Å²) in [6.07, 6.45) is 8.15. The molecule has 0 atom stereocenters. The van der Waals surface area contributed by atoms with Crippen LogP contribution >= 0.6 is 0 Å². The van der Waals surface area contributed by atoms with Crippen LogP contribution < -0.4 is 0 Å². The molecule has 2 aromatic rings. The number of hydrogen-bond acceptors (Lipinski definition) is 0. The van der Waals surface area contributed by atoms with Crippen LogP contribution in [0.15, 0.2) is 43.0 Å². The Hall–Kier alpha value is -1.44. The fraction of sp³-hybridized carbons (Fsp3) is 0.111. The van der Waals surface area contributed by atoms with Gasteiger partial charge in [0.05, 0.1) is 0 Å². The van der Waals surface area contributed by atoms with Crippen molar-refractivity contribution in [1.29, 1.82) is 0 Å². The highest BCUT2D eigenvalue weighted by atomic mass is 15.4. The highest BCUT2D eigenvalue weighted by Gasteiger charge is 1.90. The molecule has 0 bridgehead atoms. The van der Waals surface area contributed by atoms with Crippen LogP contribution in [0, 0.1) is 6.92 Å². The third-order valence-corrected chi connectivity index (χ3v) is 1.68. The summed E-state index contributed by atoms with van der Waals surface area (Å²) in [4.78, 5) is 0. The molecule has 2 rings (SSSR count). The van der Waals surface area contributed by atoms with Crippen molar-refractivity contribution in [2.24, 2.45) is 0 Å². The summed E-state index contributed by atoms with van der Waals surface area (Å²) in [6.45, 7) is 2.08. The first kappa shape index (κ1) is 6.28. The van der Waals surface area contributed by atoms with E-state index in [-0.39, 0.29) is 0 Å². The molecule has 11 heavy (non-hydrogen) atoms. The standard InChI is InChI=1S/C9H10N2/c1-9-4-7-11(8-9)10-5-2-3-6-10/h2-8H,1H3. The first-order valence-corrected chi connectivity index (χ1v) is 3.64. The van der Waals surface area contributed by atoms with E-state index in [9.17, 15) is 0 Å². The first-order valence-electron chi connectivity index (χ1n) is 3.64. The minimum atomic E-state index is 1.28. The first-order chi connectivity index (χ1) is 5.36. The molecule has 0 aliphatic heterocycles. The Labute approximate surface area is 65.7 Å². The number of nitrogens with zero attached hydrogens (tertiary/aromatic N) is 2. The van der Waals surface area contributed by atoms with Gasteiger partial charge < -0.3 is 0 Å². The molecular weight excluding hydrogens is 136 g/mol. The second-order valence-corrected chi connectivity index (χ2v) is 2.63.